The van der Waals surface area contributed by atoms with Crippen molar-refractivity contribution in [1.82, 2.24) is 24.7 Å². The number of nitrogens with one attached hydrogen (secondary N) is 2. The average molecular weight is 520 g/mol. The van der Waals surface area contributed by atoms with E-state index < -0.39 is 24.0 Å². The molecule has 3 unspecified atom stereocenters. The van der Waals surface area contributed by atoms with E-state index >= 15 is 0 Å². The number of aromatic amines is 2. The Hall–Kier alpha value is -3.96. The minimum atomic E-state index is -0.943. The van der Waals surface area contributed by atoms with Crippen molar-refractivity contribution in [3.8, 4) is 34.0 Å². The largest absolute Gasteiger partial charge is 0.456 e. The highest BCUT2D eigenvalue weighted by atomic mass is 35.5. The summed E-state index contributed by atoms with van der Waals surface area (Å²) < 4.78 is 12.7. The van der Waals surface area contributed by atoms with Crippen LogP contribution in [0, 0.1) is 0 Å². The van der Waals surface area contributed by atoms with Gasteiger partial charge in [-0.1, -0.05) is 48.0 Å². The van der Waals surface area contributed by atoms with Gasteiger partial charge < -0.3 is 24.7 Å². The van der Waals surface area contributed by atoms with E-state index in [0.29, 0.717) is 16.1 Å². The summed E-state index contributed by atoms with van der Waals surface area (Å²) in [6.07, 6.45) is -0.794. The quantitative estimate of drug-likeness (QED) is 0.270. The summed E-state index contributed by atoms with van der Waals surface area (Å²) in [6, 6.07) is 19.7. The lowest BCUT2D eigenvalue weighted by atomic mass is 10.00. The molecule has 188 valence electrons. The number of imidazole rings is 1. The number of halogens is 1. The van der Waals surface area contributed by atoms with E-state index in [9.17, 15) is 15.0 Å². The van der Waals surface area contributed by atoms with Crippen molar-refractivity contribution in [2.75, 3.05) is 13.2 Å². The number of H-pyrrole nitrogens is 2. The lowest BCUT2D eigenvalue weighted by Crippen LogP contribution is -2.36. The summed E-state index contributed by atoms with van der Waals surface area (Å²) >= 11 is 6.60. The summed E-state index contributed by atoms with van der Waals surface area (Å²) in [6.45, 7) is -0.120. The second-order valence-electron chi connectivity index (χ2n) is 8.75. The number of nitrogens with zero attached hydrogens (tertiary/aromatic N) is 3. The van der Waals surface area contributed by atoms with Gasteiger partial charge in [0, 0.05) is 5.56 Å². The van der Waals surface area contributed by atoms with Gasteiger partial charge in [-0.15, -0.1) is 0 Å². The van der Waals surface area contributed by atoms with Crippen LogP contribution in [0.15, 0.2) is 71.8 Å². The van der Waals surface area contributed by atoms with Crippen molar-refractivity contribution in [2.24, 2.45) is 0 Å². The number of ether oxygens (including phenoxy) is 2. The lowest BCUT2D eigenvalue weighted by molar-refractivity contribution is -0.00390. The van der Waals surface area contributed by atoms with Crippen LogP contribution in [0.2, 0.25) is 5.02 Å². The first-order valence-corrected chi connectivity index (χ1v) is 12.0. The van der Waals surface area contributed by atoms with Gasteiger partial charge in [-0.3, -0.25) is 0 Å². The van der Waals surface area contributed by atoms with Gasteiger partial charge in [0.2, 0.25) is 0 Å². The number of hydrogen-bond donors (Lipinski definition) is 4. The van der Waals surface area contributed by atoms with Gasteiger partial charge in [-0.25, -0.2) is 14.6 Å². The zero-order chi connectivity index (χ0) is 25.5. The van der Waals surface area contributed by atoms with E-state index in [2.05, 4.69) is 20.1 Å². The van der Waals surface area contributed by atoms with Crippen LogP contribution < -0.4 is 10.4 Å². The van der Waals surface area contributed by atoms with Gasteiger partial charge in [0.25, 0.3) is 6.01 Å². The Balaban J connectivity index is 1.22. The first-order chi connectivity index (χ1) is 18.0. The second kappa shape index (κ2) is 9.49. The van der Waals surface area contributed by atoms with Crippen LogP contribution in [0.1, 0.15) is 0 Å². The number of rotatable bonds is 6. The van der Waals surface area contributed by atoms with Crippen LogP contribution >= 0.6 is 11.6 Å². The molecule has 0 radical (unpaired) electrons. The molecule has 3 heterocycles. The van der Waals surface area contributed by atoms with Crippen LogP contribution in [0.5, 0.6) is 6.01 Å². The molecule has 1 saturated heterocycles. The Morgan fingerprint density at radius 2 is 1.78 bits per heavy atom. The molecule has 10 nitrogen and oxygen atoms in total. The molecular formula is C26H22ClN5O5. The van der Waals surface area contributed by atoms with Gasteiger partial charge in [0.05, 0.1) is 35.0 Å². The van der Waals surface area contributed by atoms with E-state index in [-0.39, 0.29) is 19.2 Å². The summed E-state index contributed by atoms with van der Waals surface area (Å²) in [5, 5.41) is 22.6. The lowest BCUT2D eigenvalue weighted by Gasteiger charge is -2.15. The standard InChI is InChI=1S/C26H22ClN5O5/c27-19-10-21-20(29-26(30-21)37-23-12-36-22(11-33)24(23)34)9-18(19)16-3-1-14(2-4-16)15-5-7-17(8-6-15)32-13-28-25(35)31-32/h1-10,13,22-24,33-34H,11-12H2,(H,29,30)(H,31,35). The molecule has 1 fully saturated rings. The van der Waals surface area contributed by atoms with E-state index in [1.54, 1.807) is 10.7 Å². The SMILES string of the molecule is O=c1ncn(-c2ccc(-c3ccc(-c4cc5nc(OC6COC(CO)C6O)[nH]c5cc4Cl)cc3)cc2)[nH]1. The van der Waals surface area contributed by atoms with Crippen molar-refractivity contribution in [1.29, 1.82) is 0 Å². The number of aliphatic hydroxyl groups excluding tert-OH is 2. The topological polar surface area (TPSA) is 138 Å². The van der Waals surface area contributed by atoms with Crippen LogP contribution in [0.3, 0.4) is 0 Å². The molecule has 0 aliphatic carbocycles. The smallest absolute Gasteiger partial charge is 0.361 e. The van der Waals surface area contributed by atoms with E-state index in [1.165, 1.54) is 6.33 Å². The zero-order valence-corrected chi connectivity index (χ0v) is 20.1. The third-order valence-corrected chi connectivity index (χ3v) is 6.72. The van der Waals surface area contributed by atoms with Gasteiger partial charge in [0.1, 0.15) is 18.5 Å². The minimum absolute atomic E-state index is 0.160. The van der Waals surface area contributed by atoms with Gasteiger partial charge >= 0.3 is 5.69 Å². The van der Waals surface area contributed by atoms with Crippen LogP contribution in [0.25, 0.3) is 39.0 Å². The first kappa shape index (κ1) is 23.4. The Morgan fingerprint density at radius 1 is 1.08 bits per heavy atom. The van der Waals surface area contributed by atoms with Crippen LogP contribution in [-0.4, -0.2) is 66.5 Å². The van der Waals surface area contributed by atoms with Crippen molar-refractivity contribution in [3.63, 3.8) is 0 Å². The molecule has 1 aliphatic heterocycles. The molecule has 0 amide bonds. The number of hydrogen-bond acceptors (Lipinski definition) is 7. The fraction of sp³-hybridized carbons (Fsp3) is 0.192. The zero-order valence-electron chi connectivity index (χ0n) is 19.3. The molecule has 6 rings (SSSR count). The van der Waals surface area contributed by atoms with Crippen LogP contribution in [-0.2, 0) is 4.74 Å². The van der Waals surface area contributed by atoms with Gasteiger partial charge in [0.15, 0.2) is 6.10 Å². The van der Waals surface area contributed by atoms with Gasteiger partial charge in [-0.2, -0.15) is 9.97 Å². The van der Waals surface area contributed by atoms with E-state index in [0.717, 1.165) is 27.9 Å². The fourth-order valence-electron chi connectivity index (χ4n) is 4.41. The van der Waals surface area contributed by atoms with Crippen molar-refractivity contribution >= 4 is 22.6 Å². The third-order valence-electron chi connectivity index (χ3n) is 6.41. The number of fused-ring (bicyclic) bond motifs is 1. The number of benzene rings is 3. The molecule has 11 heteroatoms. The summed E-state index contributed by atoms with van der Waals surface area (Å²) in [5.41, 5.74) is 5.58. The summed E-state index contributed by atoms with van der Waals surface area (Å²) in [5.74, 6) is 0. The molecule has 0 saturated carbocycles. The number of aromatic nitrogens is 5. The maximum atomic E-state index is 11.3. The first-order valence-electron chi connectivity index (χ1n) is 11.6. The predicted octanol–water partition coefficient (Wildman–Crippen LogP) is 2.92. The molecule has 0 spiro atoms. The fourth-order valence-corrected chi connectivity index (χ4v) is 4.68. The third kappa shape index (κ3) is 4.51. The highest BCUT2D eigenvalue weighted by molar-refractivity contribution is 6.34. The summed E-state index contributed by atoms with van der Waals surface area (Å²) in [7, 11) is 0. The minimum Gasteiger partial charge on any atom is -0.456 e. The van der Waals surface area contributed by atoms with Gasteiger partial charge in [-0.05, 0) is 41.0 Å². The average Bonchev–Trinajstić information content (AvgIpc) is 3.62. The molecule has 0 bridgehead atoms. The van der Waals surface area contributed by atoms with E-state index in [4.69, 9.17) is 21.1 Å². The molecule has 1 aliphatic rings. The summed E-state index contributed by atoms with van der Waals surface area (Å²) in [4.78, 5) is 22.5. The van der Waals surface area contributed by atoms with Crippen molar-refractivity contribution in [2.45, 2.75) is 18.3 Å². The Bertz CT molecular complexity index is 1610. The Kier molecular flexibility index (Phi) is 6.01. The van der Waals surface area contributed by atoms with Crippen molar-refractivity contribution < 1.29 is 19.7 Å². The molecule has 4 N–H and O–H groups in total. The van der Waals surface area contributed by atoms with Crippen molar-refractivity contribution in [3.05, 3.63) is 82.5 Å². The van der Waals surface area contributed by atoms with Crippen LogP contribution in [0.4, 0.5) is 0 Å². The molecule has 3 aromatic carbocycles. The maximum absolute atomic E-state index is 11.3. The second-order valence-corrected chi connectivity index (χ2v) is 9.16. The molecule has 3 atom stereocenters. The predicted molar refractivity (Wildman–Crippen MR) is 137 cm³/mol. The Labute approximate surface area is 215 Å². The number of aliphatic hydroxyl groups is 2. The normalized spacial score (nSPS) is 19.5. The maximum Gasteiger partial charge on any atom is 0.361 e. The highest BCUT2D eigenvalue weighted by Gasteiger charge is 2.37. The highest BCUT2D eigenvalue weighted by Crippen LogP contribution is 2.34. The Morgan fingerprint density at radius 3 is 2.43 bits per heavy atom. The molecule has 5 aromatic rings. The molecule has 2 aromatic heterocycles. The van der Waals surface area contributed by atoms with E-state index in [1.807, 2.05) is 54.6 Å². The molecular weight excluding hydrogens is 498 g/mol. The molecule has 37 heavy (non-hydrogen) atoms. The monoisotopic (exact) mass is 519 g/mol.